The van der Waals surface area contributed by atoms with Crippen molar-refractivity contribution in [2.75, 3.05) is 0 Å². The molecule has 0 spiro atoms. The van der Waals surface area contributed by atoms with Gasteiger partial charge in [0.05, 0.1) is 6.04 Å². The van der Waals surface area contributed by atoms with Gasteiger partial charge in [-0.1, -0.05) is 25.3 Å². The number of carbonyl (C=O) groups excluding carboxylic acids is 1. The number of rotatable bonds is 2. The summed E-state index contributed by atoms with van der Waals surface area (Å²) in [6, 6.07) is 1.51. The summed E-state index contributed by atoms with van der Waals surface area (Å²) in [7, 11) is 0. The fraction of sp³-hybridized carbons (Fsp3) is 0.429. The van der Waals surface area contributed by atoms with E-state index in [-0.39, 0.29) is 4.68 Å². The Bertz CT molecular complexity index is 793. The molecule has 0 unspecified atom stereocenters. The second kappa shape index (κ2) is 6.48. The second-order valence-electron chi connectivity index (χ2n) is 5.57. The Hall–Kier alpha value is -2.62. The van der Waals surface area contributed by atoms with E-state index in [1.807, 2.05) is 0 Å². The zero-order valence-corrected chi connectivity index (χ0v) is 12.6. The van der Waals surface area contributed by atoms with Crippen molar-refractivity contribution in [2.45, 2.75) is 38.1 Å². The lowest BCUT2D eigenvalue weighted by Crippen LogP contribution is -2.45. The number of halogens is 2. The third kappa shape index (κ3) is 2.80. The van der Waals surface area contributed by atoms with Gasteiger partial charge in [0.15, 0.2) is 11.6 Å². The largest absolute Gasteiger partial charge is 0.377 e. The van der Waals surface area contributed by atoms with Crippen molar-refractivity contribution in [3.05, 3.63) is 40.3 Å². The number of carbonyl (C=O) groups is 1. The molecule has 128 valence electrons. The van der Waals surface area contributed by atoms with Crippen LogP contribution in [0.15, 0.2) is 23.0 Å². The number of aromatic nitrogens is 4. The molecule has 1 heterocycles. The lowest BCUT2D eigenvalue weighted by molar-refractivity contribution is -0.0879. The monoisotopic (exact) mass is 339 g/mol. The maximum absolute atomic E-state index is 13.8. The van der Waals surface area contributed by atoms with Gasteiger partial charge in [0.2, 0.25) is 0 Å². The van der Waals surface area contributed by atoms with Crippen LogP contribution in [0.4, 0.5) is 13.6 Å². The molecule has 0 aliphatic heterocycles. The van der Waals surface area contributed by atoms with Crippen LogP contribution in [0.25, 0.3) is 5.69 Å². The van der Waals surface area contributed by atoms with Gasteiger partial charge < -0.3 is 0 Å². The minimum atomic E-state index is -1.17. The van der Waals surface area contributed by atoms with E-state index in [1.165, 1.54) is 0 Å². The normalized spacial score (nSPS) is 15.5. The molecule has 24 heavy (non-hydrogen) atoms. The number of hydrogen-bond donors (Lipinski definition) is 1. The Kier molecular flexibility index (Phi) is 4.38. The summed E-state index contributed by atoms with van der Waals surface area (Å²) in [5.74, 6) is -2.05. The van der Waals surface area contributed by atoms with Gasteiger partial charge >= 0.3 is 11.7 Å². The number of para-hydroxylation sites is 1. The second-order valence-corrected chi connectivity index (χ2v) is 5.57. The average Bonchev–Trinajstić information content (AvgIpc) is 2.96. The van der Waals surface area contributed by atoms with Crippen molar-refractivity contribution in [3.8, 4) is 5.69 Å². The van der Waals surface area contributed by atoms with Crippen molar-refractivity contribution in [2.24, 2.45) is 0 Å². The zero-order valence-electron chi connectivity index (χ0n) is 12.6. The molecular formula is C14H15F2N5O3. The molecule has 1 aromatic carbocycles. The standard InChI is InChI=1S/C14H15F2N5O3/c15-10-7-4-8-11(16)12(10)19-13(22)20(18-17-19)14(23)21(24)9-5-2-1-3-6-9/h4,7-9,24H,1-3,5-6H2. The summed E-state index contributed by atoms with van der Waals surface area (Å²) in [6.45, 7) is 0. The maximum atomic E-state index is 13.8. The molecule has 1 aliphatic carbocycles. The molecule has 8 nitrogen and oxygen atoms in total. The quantitative estimate of drug-likeness (QED) is 0.511. The number of benzene rings is 1. The number of nitrogens with zero attached hydrogens (tertiary/aromatic N) is 5. The smallest absolute Gasteiger partial charge is 0.284 e. The number of hydrogen-bond acceptors (Lipinski definition) is 5. The molecule has 10 heteroatoms. The highest BCUT2D eigenvalue weighted by atomic mass is 19.1. The van der Waals surface area contributed by atoms with Gasteiger partial charge in [0.1, 0.15) is 5.69 Å². The lowest BCUT2D eigenvalue weighted by Gasteiger charge is -2.28. The molecule has 2 aromatic rings. The van der Waals surface area contributed by atoms with E-state index in [0.29, 0.717) is 22.6 Å². The van der Waals surface area contributed by atoms with Gasteiger partial charge in [-0.25, -0.2) is 23.4 Å². The van der Waals surface area contributed by atoms with Crippen molar-refractivity contribution in [3.63, 3.8) is 0 Å². The van der Waals surface area contributed by atoms with E-state index in [0.717, 1.165) is 37.5 Å². The first kappa shape index (κ1) is 16.2. The number of tetrazole rings is 1. The molecule has 0 atom stereocenters. The van der Waals surface area contributed by atoms with Gasteiger partial charge in [0.25, 0.3) is 0 Å². The molecular weight excluding hydrogens is 324 g/mol. The molecule has 1 amide bonds. The van der Waals surface area contributed by atoms with Crippen LogP contribution < -0.4 is 5.69 Å². The Balaban J connectivity index is 1.92. The van der Waals surface area contributed by atoms with E-state index in [1.54, 1.807) is 0 Å². The molecule has 0 bridgehead atoms. The molecule has 1 saturated carbocycles. The van der Waals surface area contributed by atoms with Gasteiger partial charge in [-0.3, -0.25) is 5.21 Å². The minimum Gasteiger partial charge on any atom is -0.284 e. The van der Waals surface area contributed by atoms with Crippen LogP contribution in [0, 0.1) is 11.6 Å². The van der Waals surface area contributed by atoms with Crippen LogP contribution in [0.1, 0.15) is 32.1 Å². The Morgan fingerprint density at radius 3 is 2.42 bits per heavy atom. The first-order valence-electron chi connectivity index (χ1n) is 7.52. The molecule has 1 aliphatic rings. The summed E-state index contributed by atoms with van der Waals surface area (Å²) in [6.07, 6.45) is 3.94. The predicted molar refractivity (Wildman–Crippen MR) is 76.8 cm³/mol. The predicted octanol–water partition coefficient (Wildman–Crippen LogP) is 1.70. The van der Waals surface area contributed by atoms with Crippen LogP contribution in [0.3, 0.4) is 0 Å². The molecule has 1 aromatic heterocycles. The summed E-state index contributed by atoms with van der Waals surface area (Å²) < 4.78 is 28.1. The molecule has 3 rings (SSSR count). The summed E-state index contributed by atoms with van der Waals surface area (Å²) in [4.78, 5) is 24.4. The maximum Gasteiger partial charge on any atom is 0.377 e. The van der Waals surface area contributed by atoms with Crippen molar-refractivity contribution >= 4 is 6.03 Å². The Morgan fingerprint density at radius 2 is 1.79 bits per heavy atom. The van der Waals surface area contributed by atoms with Crippen LogP contribution in [0.2, 0.25) is 0 Å². The SMILES string of the molecule is O=C(N(O)C1CCCCC1)n1nnn(-c2c(F)cccc2F)c1=O. The van der Waals surface area contributed by atoms with Gasteiger partial charge in [0, 0.05) is 0 Å². The number of amides is 1. The van der Waals surface area contributed by atoms with E-state index in [4.69, 9.17) is 0 Å². The fourth-order valence-corrected chi connectivity index (χ4v) is 2.78. The van der Waals surface area contributed by atoms with Gasteiger partial charge in [-0.2, -0.15) is 4.68 Å². The summed E-state index contributed by atoms with van der Waals surface area (Å²) >= 11 is 0. The zero-order chi connectivity index (χ0) is 17.3. The molecule has 1 fully saturated rings. The fourth-order valence-electron chi connectivity index (χ4n) is 2.78. The average molecular weight is 339 g/mol. The first-order valence-corrected chi connectivity index (χ1v) is 7.52. The van der Waals surface area contributed by atoms with Crippen molar-refractivity contribution in [1.82, 2.24) is 24.9 Å². The van der Waals surface area contributed by atoms with Crippen molar-refractivity contribution in [1.29, 1.82) is 0 Å². The topological polar surface area (TPSA) is 93.2 Å². The van der Waals surface area contributed by atoms with E-state index in [2.05, 4.69) is 10.4 Å². The first-order chi connectivity index (χ1) is 11.5. The summed E-state index contributed by atoms with van der Waals surface area (Å²) in [5, 5.41) is 17.1. The van der Waals surface area contributed by atoms with E-state index >= 15 is 0 Å². The molecule has 1 N–H and O–H groups in total. The van der Waals surface area contributed by atoms with E-state index < -0.39 is 35.1 Å². The molecule has 0 saturated heterocycles. The highest BCUT2D eigenvalue weighted by Gasteiger charge is 2.29. The van der Waals surface area contributed by atoms with Gasteiger partial charge in [-0.05, 0) is 35.4 Å². The third-order valence-corrected chi connectivity index (χ3v) is 4.03. The Labute approximate surface area is 134 Å². The van der Waals surface area contributed by atoms with E-state index in [9.17, 15) is 23.6 Å². The Morgan fingerprint density at radius 1 is 1.17 bits per heavy atom. The van der Waals surface area contributed by atoms with Crippen LogP contribution in [-0.2, 0) is 0 Å². The number of hydroxylamine groups is 2. The van der Waals surface area contributed by atoms with Crippen LogP contribution >= 0.6 is 0 Å². The van der Waals surface area contributed by atoms with Crippen molar-refractivity contribution < 1.29 is 18.8 Å². The minimum absolute atomic E-state index is 0.278. The lowest BCUT2D eigenvalue weighted by atomic mass is 9.95. The highest BCUT2D eigenvalue weighted by molar-refractivity contribution is 5.74. The highest BCUT2D eigenvalue weighted by Crippen LogP contribution is 2.21. The van der Waals surface area contributed by atoms with Crippen LogP contribution in [0.5, 0.6) is 0 Å². The third-order valence-electron chi connectivity index (χ3n) is 4.03. The van der Waals surface area contributed by atoms with Gasteiger partial charge in [-0.15, -0.1) is 4.68 Å². The summed E-state index contributed by atoms with van der Waals surface area (Å²) in [5.41, 5.74) is -1.90. The van der Waals surface area contributed by atoms with Crippen LogP contribution in [-0.4, -0.2) is 42.1 Å². The molecule has 0 radical (unpaired) electrons.